The first-order valence-electron chi connectivity index (χ1n) is 4.86. The van der Waals surface area contributed by atoms with E-state index in [2.05, 4.69) is 0 Å². The molecule has 16 heavy (non-hydrogen) atoms. The first kappa shape index (κ1) is 17.8. The molecule has 0 radical (unpaired) electrons. The van der Waals surface area contributed by atoms with E-state index in [4.69, 9.17) is 9.47 Å². The summed E-state index contributed by atoms with van der Waals surface area (Å²) in [6, 6.07) is 0. The van der Waals surface area contributed by atoms with E-state index < -0.39 is 15.3 Å². The van der Waals surface area contributed by atoms with E-state index in [1.54, 1.807) is 0 Å². The molecule has 0 saturated carbocycles. The van der Waals surface area contributed by atoms with Gasteiger partial charge in [-0.2, -0.15) is 13.2 Å². The van der Waals surface area contributed by atoms with Crippen molar-refractivity contribution in [3.63, 3.8) is 0 Å². The summed E-state index contributed by atoms with van der Waals surface area (Å²) in [7, 11) is -2.30. The Morgan fingerprint density at radius 1 is 1.31 bits per heavy atom. The summed E-state index contributed by atoms with van der Waals surface area (Å²) in [6.07, 6.45) is -0.0370. The first-order valence-corrected chi connectivity index (χ1v) is 6.39. The van der Waals surface area contributed by atoms with Crippen LogP contribution >= 0.6 is 0 Å². The van der Waals surface area contributed by atoms with E-state index in [0.717, 1.165) is 19.2 Å². The molecule has 7 heteroatoms. The van der Waals surface area contributed by atoms with E-state index in [9.17, 15) is 18.0 Å². The molecule has 3 nitrogen and oxygen atoms in total. The highest BCUT2D eigenvalue weighted by Gasteiger charge is 2.25. The molecule has 0 bridgehead atoms. The molecule has 0 atom stereocenters. The quantitative estimate of drug-likeness (QED) is 0.425. The van der Waals surface area contributed by atoms with Gasteiger partial charge in [0.15, 0.2) is 15.8 Å². The molecule has 0 amide bonds. The van der Waals surface area contributed by atoms with Gasteiger partial charge >= 0.3 is 5.80 Å². The second-order valence-corrected chi connectivity index (χ2v) is 4.24. The molecular weight excluding hydrogens is 241 g/mol. The number of ether oxygens (including phenoxy) is 2. The number of alkyl halides is 3. The second-order valence-electron chi connectivity index (χ2n) is 2.62. The molecule has 0 aliphatic carbocycles. The van der Waals surface area contributed by atoms with Crippen LogP contribution in [0.15, 0.2) is 5.70 Å². The van der Waals surface area contributed by atoms with E-state index >= 15 is 0 Å². The highest BCUT2D eigenvalue weighted by Crippen LogP contribution is 2.11. The van der Waals surface area contributed by atoms with Gasteiger partial charge in [-0.25, -0.2) is 4.79 Å². The topological polar surface area (TPSA) is 35.5 Å². The van der Waals surface area contributed by atoms with E-state index in [-0.39, 0.29) is 6.29 Å². The largest absolute Gasteiger partial charge is 0.359 e. The average Bonchev–Trinajstić information content (AvgIpc) is 2.15. The Morgan fingerprint density at radius 3 is 1.94 bits per heavy atom. The minimum Gasteiger partial charge on any atom is -0.353 e. The zero-order valence-electron chi connectivity index (χ0n) is 9.63. The molecule has 0 heterocycles. The Bertz CT molecular complexity index is 197. The minimum absolute atomic E-state index is 0.0370. The molecule has 0 saturated heterocycles. The van der Waals surface area contributed by atoms with Gasteiger partial charge < -0.3 is 9.47 Å². The van der Waals surface area contributed by atoms with Gasteiger partial charge in [-0.15, -0.1) is 0 Å². The number of carbonyl (C=O) groups excluding carboxylic acids is 1. The van der Waals surface area contributed by atoms with Crippen molar-refractivity contribution in [1.29, 1.82) is 0 Å². The lowest BCUT2D eigenvalue weighted by atomic mass is 10.7. The predicted octanol–water partition coefficient (Wildman–Crippen LogP) is 1.43. The van der Waals surface area contributed by atoms with Gasteiger partial charge in [-0.3, -0.25) is 0 Å². The molecule has 96 valence electrons. The fourth-order valence-electron chi connectivity index (χ4n) is 0.675. The van der Waals surface area contributed by atoms with Gasteiger partial charge in [0.05, 0.1) is 0 Å². The first-order chi connectivity index (χ1) is 7.37. The molecule has 0 aliphatic heterocycles. The van der Waals surface area contributed by atoms with Crippen molar-refractivity contribution in [2.24, 2.45) is 0 Å². The lowest BCUT2D eigenvalue weighted by Crippen LogP contribution is -2.15. The Balaban J connectivity index is 0. The van der Waals surface area contributed by atoms with Gasteiger partial charge in [-0.1, -0.05) is 0 Å². The van der Waals surface area contributed by atoms with Crippen LogP contribution in [-0.2, 0) is 14.3 Å². The zero-order chi connectivity index (χ0) is 13.0. The van der Waals surface area contributed by atoms with Crippen LogP contribution in [0.2, 0.25) is 0 Å². The molecule has 0 spiro atoms. The van der Waals surface area contributed by atoms with E-state index in [0.29, 0.717) is 5.70 Å². The van der Waals surface area contributed by atoms with Crippen molar-refractivity contribution >= 4 is 15.5 Å². The van der Waals surface area contributed by atoms with Crippen molar-refractivity contribution in [1.82, 2.24) is 0 Å². The molecule has 0 N–H and O–H groups in total. The summed E-state index contributed by atoms with van der Waals surface area (Å²) in [5.41, 5.74) is 0.542. The molecule has 0 aromatic carbocycles. The highest BCUT2D eigenvalue weighted by atomic mass is 28.2. The normalized spacial score (nSPS) is 11.2. The van der Waals surface area contributed by atoms with Crippen LogP contribution in [0.25, 0.3) is 0 Å². The van der Waals surface area contributed by atoms with E-state index in [1.165, 1.54) is 0 Å². The fraction of sp³-hybridized carbons (Fsp3) is 0.778. The molecule has 0 fully saturated rings. The summed E-state index contributed by atoms with van der Waals surface area (Å²) in [5.74, 6) is -3.04. The Kier molecular flexibility index (Phi) is 12.1. The zero-order valence-corrected chi connectivity index (χ0v) is 11.0. The van der Waals surface area contributed by atoms with Crippen LogP contribution in [0, 0.1) is 0 Å². The second kappa shape index (κ2) is 10.9. The van der Waals surface area contributed by atoms with Crippen LogP contribution in [0.3, 0.4) is 0 Å². The average molecular weight is 258 g/mol. The van der Waals surface area contributed by atoms with Gasteiger partial charge in [0.2, 0.25) is 0 Å². The summed E-state index contributed by atoms with van der Waals surface area (Å²) in [4.78, 5) is 9.21. The van der Waals surface area contributed by atoms with Crippen molar-refractivity contribution in [3.8, 4) is 0 Å². The van der Waals surface area contributed by atoms with Crippen LogP contribution in [0.4, 0.5) is 13.2 Å². The van der Waals surface area contributed by atoms with Crippen LogP contribution < -0.4 is 0 Å². The number of rotatable bonds is 5. The van der Waals surface area contributed by atoms with Gasteiger partial charge in [0, 0.05) is 13.2 Å². The number of hydrogen-bond acceptors (Lipinski definition) is 3. The van der Waals surface area contributed by atoms with Gasteiger partial charge in [0.25, 0.3) is 0 Å². The maximum atomic E-state index is 11.1. The monoisotopic (exact) mass is 258 g/mol. The lowest BCUT2D eigenvalue weighted by Gasteiger charge is -2.09. The number of halogens is 3. The molecule has 0 aromatic rings. The Hall–Kier alpha value is -0.623. The maximum Gasteiger partial charge on any atom is 0.359 e. The predicted molar refractivity (Wildman–Crippen MR) is 57.6 cm³/mol. The van der Waals surface area contributed by atoms with Crippen molar-refractivity contribution in [2.75, 3.05) is 13.2 Å². The number of hydrogen-bond donors (Lipinski definition) is 0. The van der Waals surface area contributed by atoms with Crippen LogP contribution in [0.5, 0.6) is 0 Å². The Labute approximate surface area is 95.4 Å². The minimum atomic E-state index is -4.13. The molecule has 0 unspecified atom stereocenters. The third kappa shape index (κ3) is 19.0. The third-order valence-corrected chi connectivity index (χ3v) is 2.05. The SMILES string of the molecule is CCOC(C)OCC.O=C=C[SiH2]C(F)(F)F. The standard InChI is InChI=1S/C6H14O2.C3H3F3OSi/c1-4-7-6(3)8-5-2;4-3(5,6)8-2-1-7/h6H,4-5H2,1-3H3;2H,8H2. The molecule has 0 aromatic heterocycles. The summed E-state index contributed by atoms with van der Waals surface area (Å²) in [6.45, 7) is 7.25. The summed E-state index contributed by atoms with van der Waals surface area (Å²) >= 11 is 0. The smallest absolute Gasteiger partial charge is 0.353 e. The third-order valence-electron chi connectivity index (χ3n) is 1.22. The van der Waals surface area contributed by atoms with Crippen molar-refractivity contribution in [2.45, 2.75) is 32.9 Å². The maximum absolute atomic E-state index is 11.1. The van der Waals surface area contributed by atoms with Gasteiger partial charge in [0.1, 0.15) is 5.94 Å². The van der Waals surface area contributed by atoms with Crippen LogP contribution in [0.1, 0.15) is 20.8 Å². The van der Waals surface area contributed by atoms with Gasteiger partial charge in [-0.05, 0) is 26.5 Å². The van der Waals surface area contributed by atoms with E-state index in [1.807, 2.05) is 20.8 Å². The molecule has 0 rings (SSSR count). The fourth-order valence-corrected chi connectivity index (χ4v) is 0.990. The summed E-state index contributed by atoms with van der Waals surface area (Å²) < 4.78 is 43.4. The molecule has 0 aliphatic rings. The lowest BCUT2D eigenvalue weighted by molar-refractivity contribution is -0.123. The van der Waals surface area contributed by atoms with Crippen LogP contribution in [-0.4, -0.2) is 40.8 Å². The van der Waals surface area contributed by atoms with Crippen molar-refractivity contribution < 1.29 is 27.4 Å². The van der Waals surface area contributed by atoms with Crippen molar-refractivity contribution in [3.05, 3.63) is 5.70 Å². The molecular formula is C9H17F3O3Si. The summed E-state index contributed by atoms with van der Waals surface area (Å²) in [5, 5.41) is 0. The highest BCUT2D eigenvalue weighted by molar-refractivity contribution is 6.46. The Morgan fingerprint density at radius 2 is 1.75 bits per heavy atom.